The van der Waals surface area contributed by atoms with E-state index in [2.05, 4.69) is 15.1 Å². The van der Waals surface area contributed by atoms with E-state index in [-0.39, 0.29) is 0 Å². The van der Waals surface area contributed by atoms with Crippen LogP contribution >= 0.6 is 0 Å². The van der Waals surface area contributed by atoms with Gasteiger partial charge in [0.1, 0.15) is 5.65 Å². The SMILES string of the molecule is Cc1nn(C(=O)O)c(C)c1Cc1c[nH]c2ncccc12. The van der Waals surface area contributed by atoms with Crippen molar-refractivity contribution in [3.63, 3.8) is 0 Å². The number of fused-ring (bicyclic) bond motifs is 1. The first-order chi connectivity index (χ1) is 9.58. The second kappa shape index (κ2) is 4.48. The average Bonchev–Trinajstić information content (AvgIpc) is 2.95. The summed E-state index contributed by atoms with van der Waals surface area (Å²) >= 11 is 0. The highest BCUT2D eigenvalue weighted by atomic mass is 16.4. The van der Waals surface area contributed by atoms with Gasteiger partial charge in [-0.1, -0.05) is 0 Å². The van der Waals surface area contributed by atoms with Crippen LogP contribution in [0.25, 0.3) is 11.0 Å². The molecule has 0 unspecified atom stereocenters. The monoisotopic (exact) mass is 270 g/mol. The summed E-state index contributed by atoms with van der Waals surface area (Å²) in [6.07, 6.45) is 3.23. The predicted molar refractivity (Wildman–Crippen MR) is 74.0 cm³/mol. The number of hydrogen-bond donors (Lipinski definition) is 2. The zero-order chi connectivity index (χ0) is 14.3. The zero-order valence-corrected chi connectivity index (χ0v) is 11.2. The van der Waals surface area contributed by atoms with Gasteiger partial charge in [-0.25, -0.2) is 9.78 Å². The number of H-pyrrole nitrogens is 1. The summed E-state index contributed by atoms with van der Waals surface area (Å²) in [5.41, 5.74) is 4.27. The first kappa shape index (κ1) is 12.4. The van der Waals surface area contributed by atoms with Crippen molar-refractivity contribution < 1.29 is 9.90 Å². The second-order valence-corrected chi connectivity index (χ2v) is 4.73. The normalized spacial score (nSPS) is 11.1. The van der Waals surface area contributed by atoms with E-state index in [1.54, 1.807) is 13.1 Å². The molecule has 102 valence electrons. The number of nitrogens with zero attached hydrogens (tertiary/aromatic N) is 3. The molecule has 0 aliphatic rings. The number of hydrogen-bond acceptors (Lipinski definition) is 3. The van der Waals surface area contributed by atoms with Gasteiger partial charge in [-0.05, 0) is 31.5 Å². The highest BCUT2D eigenvalue weighted by Gasteiger charge is 2.17. The highest BCUT2D eigenvalue weighted by molar-refractivity contribution is 5.80. The summed E-state index contributed by atoms with van der Waals surface area (Å²) in [6.45, 7) is 3.60. The Labute approximate surface area is 115 Å². The molecule has 3 heterocycles. The largest absolute Gasteiger partial charge is 0.463 e. The smallest absolute Gasteiger partial charge is 0.432 e. The Morgan fingerprint density at radius 1 is 1.45 bits per heavy atom. The lowest BCUT2D eigenvalue weighted by atomic mass is 10.0. The quantitative estimate of drug-likeness (QED) is 0.749. The van der Waals surface area contributed by atoms with E-state index in [0.29, 0.717) is 12.1 Å². The third kappa shape index (κ3) is 1.85. The number of aromatic amines is 1. The van der Waals surface area contributed by atoms with Crippen LogP contribution in [0.2, 0.25) is 0 Å². The van der Waals surface area contributed by atoms with Crippen LogP contribution in [0.1, 0.15) is 22.5 Å². The third-order valence-corrected chi connectivity index (χ3v) is 3.53. The number of aryl methyl sites for hydroxylation is 1. The maximum atomic E-state index is 11.1. The van der Waals surface area contributed by atoms with E-state index < -0.39 is 6.09 Å². The number of nitrogens with one attached hydrogen (secondary N) is 1. The Balaban J connectivity index is 2.05. The van der Waals surface area contributed by atoms with Gasteiger partial charge in [0, 0.05) is 29.8 Å². The third-order valence-electron chi connectivity index (χ3n) is 3.53. The fraction of sp³-hybridized carbons (Fsp3) is 0.214. The molecule has 3 rings (SSSR count). The molecule has 0 fully saturated rings. The topological polar surface area (TPSA) is 83.8 Å². The molecule has 3 aromatic heterocycles. The van der Waals surface area contributed by atoms with E-state index in [9.17, 15) is 4.79 Å². The highest BCUT2D eigenvalue weighted by Crippen LogP contribution is 2.22. The summed E-state index contributed by atoms with van der Waals surface area (Å²) in [5.74, 6) is 0. The summed E-state index contributed by atoms with van der Waals surface area (Å²) in [7, 11) is 0. The molecule has 0 saturated carbocycles. The van der Waals surface area contributed by atoms with Crippen LogP contribution in [-0.4, -0.2) is 30.9 Å². The van der Waals surface area contributed by atoms with Crippen LogP contribution in [0.4, 0.5) is 4.79 Å². The van der Waals surface area contributed by atoms with Gasteiger partial charge in [0.25, 0.3) is 0 Å². The molecule has 0 amide bonds. The Bertz CT molecular complexity index is 801. The first-order valence-corrected chi connectivity index (χ1v) is 6.27. The Kier molecular flexibility index (Phi) is 2.78. The minimum absolute atomic E-state index is 0.636. The van der Waals surface area contributed by atoms with E-state index in [1.165, 1.54) is 0 Å². The molecule has 20 heavy (non-hydrogen) atoms. The number of carbonyl (C=O) groups is 1. The molecule has 0 radical (unpaired) electrons. The summed E-state index contributed by atoms with van der Waals surface area (Å²) in [4.78, 5) is 18.5. The molecule has 3 aromatic rings. The molecular weight excluding hydrogens is 256 g/mol. The van der Waals surface area contributed by atoms with Crippen molar-refractivity contribution in [1.29, 1.82) is 0 Å². The summed E-state index contributed by atoms with van der Waals surface area (Å²) < 4.78 is 1.03. The fourth-order valence-corrected chi connectivity index (χ4v) is 2.47. The maximum absolute atomic E-state index is 11.1. The van der Waals surface area contributed by atoms with Gasteiger partial charge in [-0.3, -0.25) is 0 Å². The zero-order valence-electron chi connectivity index (χ0n) is 11.2. The van der Waals surface area contributed by atoms with Gasteiger partial charge in [-0.2, -0.15) is 9.78 Å². The van der Waals surface area contributed by atoms with E-state index in [1.807, 2.05) is 25.3 Å². The van der Waals surface area contributed by atoms with Gasteiger partial charge in [0.15, 0.2) is 0 Å². The van der Waals surface area contributed by atoms with Crippen LogP contribution in [-0.2, 0) is 6.42 Å². The number of pyridine rings is 1. The molecule has 2 N–H and O–H groups in total. The molecule has 0 spiro atoms. The fourth-order valence-electron chi connectivity index (χ4n) is 2.47. The minimum atomic E-state index is -1.06. The second-order valence-electron chi connectivity index (χ2n) is 4.73. The standard InChI is InChI=1S/C14H14N4O2/c1-8-12(9(2)18(17-8)14(19)20)6-10-7-16-13-11(10)4-3-5-15-13/h3-5,7H,6H2,1-2H3,(H,15,16)(H,19,20). The van der Waals surface area contributed by atoms with Crippen LogP contribution in [0, 0.1) is 13.8 Å². The van der Waals surface area contributed by atoms with E-state index >= 15 is 0 Å². The van der Waals surface area contributed by atoms with Crippen molar-refractivity contribution in [2.75, 3.05) is 0 Å². The molecule has 0 aliphatic carbocycles. The van der Waals surface area contributed by atoms with Crippen molar-refractivity contribution in [1.82, 2.24) is 19.7 Å². The lowest BCUT2D eigenvalue weighted by Crippen LogP contribution is -2.11. The van der Waals surface area contributed by atoms with Crippen LogP contribution in [0.5, 0.6) is 0 Å². The first-order valence-electron chi connectivity index (χ1n) is 6.27. The van der Waals surface area contributed by atoms with Crippen LogP contribution in [0.15, 0.2) is 24.5 Å². The van der Waals surface area contributed by atoms with Gasteiger partial charge < -0.3 is 10.1 Å². The molecular formula is C14H14N4O2. The van der Waals surface area contributed by atoms with Crippen molar-refractivity contribution >= 4 is 17.1 Å². The molecule has 0 aromatic carbocycles. The van der Waals surface area contributed by atoms with Crippen molar-refractivity contribution in [2.45, 2.75) is 20.3 Å². The van der Waals surface area contributed by atoms with Gasteiger partial charge in [0.2, 0.25) is 0 Å². The van der Waals surface area contributed by atoms with Crippen molar-refractivity contribution in [3.05, 3.63) is 47.0 Å². The maximum Gasteiger partial charge on any atom is 0.432 e. The average molecular weight is 270 g/mol. The summed E-state index contributed by atoms with van der Waals surface area (Å²) in [6, 6.07) is 3.89. The molecule has 6 heteroatoms. The van der Waals surface area contributed by atoms with Crippen LogP contribution < -0.4 is 0 Å². The van der Waals surface area contributed by atoms with Crippen LogP contribution in [0.3, 0.4) is 0 Å². The van der Waals surface area contributed by atoms with E-state index in [0.717, 1.165) is 32.5 Å². The van der Waals surface area contributed by atoms with Crippen molar-refractivity contribution in [2.24, 2.45) is 0 Å². The predicted octanol–water partition coefficient (Wildman–Crippen LogP) is 2.49. The molecule has 6 nitrogen and oxygen atoms in total. The van der Waals surface area contributed by atoms with Gasteiger partial charge >= 0.3 is 6.09 Å². The molecule has 0 bridgehead atoms. The Morgan fingerprint density at radius 3 is 2.95 bits per heavy atom. The molecule has 0 aliphatic heterocycles. The molecule has 0 saturated heterocycles. The summed E-state index contributed by atoms with van der Waals surface area (Å²) in [5, 5.41) is 14.2. The number of rotatable bonds is 2. The Morgan fingerprint density at radius 2 is 2.25 bits per heavy atom. The molecule has 0 atom stereocenters. The number of aromatic nitrogens is 4. The lowest BCUT2D eigenvalue weighted by Gasteiger charge is -2.01. The minimum Gasteiger partial charge on any atom is -0.463 e. The Hall–Kier alpha value is -2.63. The van der Waals surface area contributed by atoms with Gasteiger partial charge in [-0.15, -0.1) is 0 Å². The number of carboxylic acid groups (broad SMARTS) is 1. The van der Waals surface area contributed by atoms with E-state index in [4.69, 9.17) is 5.11 Å². The van der Waals surface area contributed by atoms with Crippen molar-refractivity contribution in [3.8, 4) is 0 Å². The van der Waals surface area contributed by atoms with Gasteiger partial charge in [0.05, 0.1) is 11.4 Å². The lowest BCUT2D eigenvalue weighted by molar-refractivity contribution is 0.192.